The van der Waals surface area contributed by atoms with Crippen molar-refractivity contribution in [3.63, 3.8) is 0 Å². The number of rotatable bonds is 2. The molecule has 0 spiro atoms. The summed E-state index contributed by atoms with van der Waals surface area (Å²) in [7, 11) is 0. The third kappa shape index (κ3) is 1.96. The van der Waals surface area contributed by atoms with Crippen LogP contribution in [0.15, 0.2) is 18.2 Å². The number of anilines is 1. The highest BCUT2D eigenvalue weighted by Crippen LogP contribution is 2.29. The van der Waals surface area contributed by atoms with Crippen molar-refractivity contribution in [2.24, 2.45) is 5.92 Å². The van der Waals surface area contributed by atoms with E-state index in [1.165, 1.54) is 11.1 Å². The molecule has 1 aromatic carbocycles. The highest BCUT2D eigenvalue weighted by atomic mass is 32.1. The Kier molecular flexibility index (Phi) is 3.24. The standard InChI is InChI=1S/C13H17NOS/c1-9-4-3-5-12(10(9)2)14-7-11(8-16)6-13(14)15/h3-5,11,16H,6-8H2,1-2H3. The van der Waals surface area contributed by atoms with Crippen LogP contribution in [0.25, 0.3) is 0 Å². The summed E-state index contributed by atoms with van der Waals surface area (Å²) in [6.07, 6.45) is 0.636. The van der Waals surface area contributed by atoms with Gasteiger partial charge in [-0.25, -0.2) is 0 Å². The molecule has 0 radical (unpaired) electrons. The van der Waals surface area contributed by atoms with Gasteiger partial charge in [0.05, 0.1) is 0 Å². The Labute approximate surface area is 102 Å². The Hall–Kier alpha value is -0.960. The van der Waals surface area contributed by atoms with Crippen molar-refractivity contribution >= 4 is 24.2 Å². The van der Waals surface area contributed by atoms with Gasteiger partial charge in [-0.1, -0.05) is 12.1 Å². The molecule has 1 saturated heterocycles. The first-order valence-corrected chi connectivity index (χ1v) is 6.24. The third-order valence-electron chi connectivity index (χ3n) is 3.33. The molecule has 2 nitrogen and oxygen atoms in total. The fourth-order valence-electron chi connectivity index (χ4n) is 2.16. The Morgan fingerprint density at radius 1 is 1.44 bits per heavy atom. The zero-order chi connectivity index (χ0) is 11.7. The molecule has 16 heavy (non-hydrogen) atoms. The second-order valence-electron chi connectivity index (χ2n) is 4.48. The average Bonchev–Trinajstić information content (AvgIpc) is 2.64. The van der Waals surface area contributed by atoms with Crippen LogP contribution >= 0.6 is 12.6 Å². The Morgan fingerprint density at radius 3 is 2.81 bits per heavy atom. The molecule has 1 aliphatic rings. The summed E-state index contributed by atoms with van der Waals surface area (Å²) in [6.45, 7) is 4.97. The van der Waals surface area contributed by atoms with E-state index in [4.69, 9.17) is 0 Å². The molecule has 86 valence electrons. The van der Waals surface area contributed by atoms with Gasteiger partial charge < -0.3 is 4.90 Å². The maximum Gasteiger partial charge on any atom is 0.227 e. The molecule has 1 aliphatic heterocycles. The summed E-state index contributed by atoms with van der Waals surface area (Å²) in [5.41, 5.74) is 3.50. The molecule has 0 N–H and O–H groups in total. The van der Waals surface area contributed by atoms with Gasteiger partial charge in [0, 0.05) is 18.7 Å². The first kappa shape index (κ1) is 11.5. The Balaban J connectivity index is 2.31. The lowest BCUT2D eigenvalue weighted by molar-refractivity contribution is -0.117. The van der Waals surface area contributed by atoms with Gasteiger partial charge in [-0.15, -0.1) is 0 Å². The largest absolute Gasteiger partial charge is 0.312 e. The molecule has 0 aromatic heterocycles. The minimum absolute atomic E-state index is 0.229. The van der Waals surface area contributed by atoms with Crippen molar-refractivity contribution in [2.75, 3.05) is 17.2 Å². The second-order valence-corrected chi connectivity index (χ2v) is 4.84. The van der Waals surface area contributed by atoms with Crippen molar-refractivity contribution < 1.29 is 4.79 Å². The molecule has 3 heteroatoms. The lowest BCUT2D eigenvalue weighted by atomic mass is 10.1. The Morgan fingerprint density at radius 2 is 2.19 bits per heavy atom. The first-order valence-electron chi connectivity index (χ1n) is 5.61. The monoisotopic (exact) mass is 235 g/mol. The fraction of sp³-hybridized carbons (Fsp3) is 0.462. The van der Waals surface area contributed by atoms with E-state index in [9.17, 15) is 4.79 Å². The van der Waals surface area contributed by atoms with Crippen LogP contribution in [0.3, 0.4) is 0 Å². The van der Waals surface area contributed by atoms with Gasteiger partial charge >= 0.3 is 0 Å². The predicted octanol–water partition coefficient (Wildman–Crippen LogP) is 2.59. The summed E-state index contributed by atoms with van der Waals surface area (Å²) in [6, 6.07) is 6.12. The maximum absolute atomic E-state index is 11.9. The van der Waals surface area contributed by atoms with Crippen molar-refractivity contribution in [3.05, 3.63) is 29.3 Å². The van der Waals surface area contributed by atoms with Gasteiger partial charge in [0.25, 0.3) is 0 Å². The SMILES string of the molecule is Cc1cccc(N2CC(CS)CC2=O)c1C. The van der Waals surface area contributed by atoms with Crippen molar-refractivity contribution in [3.8, 4) is 0 Å². The van der Waals surface area contributed by atoms with Crippen LogP contribution in [-0.4, -0.2) is 18.2 Å². The van der Waals surface area contributed by atoms with E-state index in [2.05, 4.69) is 32.5 Å². The molecule has 1 atom stereocenters. The van der Waals surface area contributed by atoms with Crippen molar-refractivity contribution in [1.29, 1.82) is 0 Å². The second kappa shape index (κ2) is 4.50. The summed E-state index contributed by atoms with van der Waals surface area (Å²) in [4.78, 5) is 13.8. The van der Waals surface area contributed by atoms with Crippen LogP contribution in [-0.2, 0) is 4.79 Å². The minimum atomic E-state index is 0.229. The van der Waals surface area contributed by atoms with E-state index in [1.54, 1.807) is 0 Å². The van der Waals surface area contributed by atoms with Crippen LogP contribution in [0.2, 0.25) is 0 Å². The van der Waals surface area contributed by atoms with Crippen LogP contribution < -0.4 is 4.90 Å². The molecular formula is C13H17NOS. The lowest BCUT2D eigenvalue weighted by Gasteiger charge is -2.20. The third-order valence-corrected chi connectivity index (χ3v) is 3.85. The maximum atomic E-state index is 11.9. The summed E-state index contributed by atoms with van der Waals surface area (Å²) in [5.74, 6) is 1.41. The molecule has 1 fully saturated rings. The van der Waals surface area contributed by atoms with Gasteiger partial charge in [-0.2, -0.15) is 12.6 Å². The first-order chi connectivity index (χ1) is 7.63. The van der Waals surface area contributed by atoms with Gasteiger partial charge in [0.15, 0.2) is 0 Å². The van der Waals surface area contributed by atoms with Crippen molar-refractivity contribution in [2.45, 2.75) is 20.3 Å². The highest BCUT2D eigenvalue weighted by Gasteiger charge is 2.30. The number of hydrogen-bond acceptors (Lipinski definition) is 2. The fourth-order valence-corrected chi connectivity index (χ4v) is 2.41. The number of hydrogen-bond donors (Lipinski definition) is 1. The van der Waals surface area contributed by atoms with E-state index in [1.807, 2.05) is 17.0 Å². The predicted molar refractivity (Wildman–Crippen MR) is 70.2 cm³/mol. The molecule has 1 amide bonds. The zero-order valence-corrected chi connectivity index (χ0v) is 10.6. The number of nitrogens with zero attached hydrogens (tertiary/aromatic N) is 1. The van der Waals surface area contributed by atoms with Gasteiger partial charge in [0.1, 0.15) is 0 Å². The van der Waals surface area contributed by atoms with E-state index in [0.29, 0.717) is 12.3 Å². The number of amides is 1. The molecule has 0 bridgehead atoms. The van der Waals surface area contributed by atoms with Crippen LogP contribution in [0.4, 0.5) is 5.69 Å². The summed E-state index contributed by atoms with van der Waals surface area (Å²) < 4.78 is 0. The molecule has 0 saturated carbocycles. The average molecular weight is 235 g/mol. The van der Waals surface area contributed by atoms with Gasteiger partial charge in [-0.3, -0.25) is 4.79 Å². The van der Waals surface area contributed by atoms with Gasteiger partial charge in [-0.05, 0) is 42.7 Å². The van der Waals surface area contributed by atoms with Crippen LogP contribution in [0, 0.1) is 19.8 Å². The molecule has 1 unspecified atom stereocenters. The van der Waals surface area contributed by atoms with Crippen LogP contribution in [0.1, 0.15) is 17.5 Å². The molecule has 1 aromatic rings. The molecule has 2 rings (SSSR count). The highest BCUT2D eigenvalue weighted by molar-refractivity contribution is 7.80. The number of carbonyl (C=O) groups excluding carboxylic acids is 1. The molecule has 1 heterocycles. The smallest absolute Gasteiger partial charge is 0.227 e. The number of carbonyl (C=O) groups is 1. The summed E-state index contributed by atoms with van der Waals surface area (Å²) >= 11 is 4.28. The van der Waals surface area contributed by atoms with E-state index in [0.717, 1.165) is 18.0 Å². The lowest BCUT2D eigenvalue weighted by Crippen LogP contribution is -2.25. The molecule has 0 aliphatic carbocycles. The van der Waals surface area contributed by atoms with E-state index >= 15 is 0 Å². The normalized spacial score (nSPS) is 20.6. The topological polar surface area (TPSA) is 20.3 Å². The number of thiol groups is 1. The number of benzene rings is 1. The Bertz CT molecular complexity index is 416. The summed E-state index contributed by atoms with van der Waals surface area (Å²) in [5, 5.41) is 0. The van der Waals surface area contributed by atoms with Gasteiger partial charge in [0.2, 0.25) is 5.91 Å². The zero-order valence-electron chi connectivity index (χ0n) is 9.73. The minimum Gasteiger partial charge on any atom is -0.312 e. The van der Waals surface area contributed by atoms with Crippen LogP contribution in [0.5, 0.6) is 0 Å². The van der Waals surface area contributed by atoms with Crippen molar-refractivity contribution in [1.82, 2.24) is 0 Å². The van der Waals surface area contributed by atoms with E-state index in [-0.39, 0.29) is 5.91 Å². The molecular weight excluding hydrogens is 218 g/mol. The number of aryl methyl sites for hydroxylation is 1. The quantitative estimate of drug-likeness (QED) is 0.781. The van der Waals surface area contributed by atoms with E-state index < -0.39 is 0 Å².